The minimum Gasteiger partial charge on any atom is -0.335 e. The fourth-order valence-electron chi connectivity index (χ4n) is 2.43. The molecule has 1 aliphatic rings. The van der Waals surface area contributed by atoms with Gasteiger partial charge in [-0.1, -0.05) is 22.0 Å². The zero-order valence-electron chi connectivity index (χ0n) is 10.4. The molecule has 4 heteroatoms. The van der Waals surface area contributed by atoms with Gasteiger partial charge in [-0.25, -0.2) is 0 Å². The molecule has 0 aliphatic carbocycles. The van der Waals surface area contributed by atoms with Crippen LogP contribution in [0.5, 0.6) is 0 Å². The second-order valence-corrected chi connectivity index (χ2v) is 5.63. The summed E-state index contributed by atoms with van der Waals surface area (Å²) in [6.45, 7) is 2.34. The number of likely N-dealkylation sites (tertiary alicyclic amines) is 1. The van der Waals surface area contributed by atoms with Gasteiger partial charge in [0.2, 0.25) is 0 Å². The summed E-state index contributed by atoms with van der Waals surface area (Å²) in [6, 6.07) is 7.47. The van der Waals surface area contributed by atoms with Crippen molar-refractivity contribution in [1.29, 1.82) is 0 Å². The normalized spacial score (nSPS) is 19.0. The van der Waals surface area contributed by atoms with E-state index in [2.05, 4.69) is 15.9 Å². The SMILES string of the molecule is CC(=O)CC1CCCN1C(=O)c1cccc(Br)c1. The highest BCUT2D eigenvalue weighted by atomic mass is 79.9. The van der Waals surface area contributed by atoms with E-state index in [0.29, 0.717) is 12.0 Å². The van der Waals surface area contributed by atoms with Crippen molar-refractivity contribution in [3.63, 3.8) is 0 Å². The van der Waals surface area contributed by atoms with Crippen LogP contribution in [-0.4, -0.2) is 29.2 Å². The van der Waals surface area contributed by atoms with E-state index >= 15 is 0 Å². The van der Waals surface area contributed by atoms with Crippen LogP contribution >= 0.6 is 15.9 Å². The van der Waals surface area contributed by atoms with Gasteiger partial charge in [0.25, 0.3) is 5.91 Å². The Labute approximate surface area is 115 Å². The van der Waals surface area contributed by atoms with E-state index in [1.54, 1.807) is 6.92 Å². The maximum absolute atomic E-state index is 12.4. The highest BCUT2D eigenvalue weighted by molar-refractivity contribution is 9.10. The summed E-state index contributed by atoms with van der Waals surface area (Å²) in [5, 5.41) is 0. The van der Waals surface area contributed by atoms with E-state index < -0.39 is 0 Å². The molecule has 96 valence electrons. The van der Waals surface area contributed by atoms with Gasteiger partial charge in [0.15, 0.2) is 0 Å². The van der Waals surface area contributed by atoms with Gasteiger partial charge in [-0.15, -0.1) is 0 Å². The molecule has 2 rings (SSSR count). The number of rotatable bonds is 3. The fourth-order valence-corrected chi connectivity index (χ4v) is 2.83. The van der Waals surface area contributed by atoms with Gasteiger partial charge in [0.1, 0.15) is 5.78 Å². The standard InChI is InChI=1S/C14H16BrNO2/c1-10(17)8-13-6-3-7-16(13)14(18)11-4-2-5-12(15)9-11/h2,4-5,9,13H,3,6-8H2,1H3. The number of benzene rings is 1. The number of hydrogen-bond acceptors (Lipinski definition) is 2. The molecule has 0 saturated carbocycles. The first kappa shape index (κ1) is 13.3. The lowest BCUT2D eigenvalue weighted by Gasteiger charge is -2.24. The molecule has 0 spiro atoms. The third-order valence-electron chi connectivity index (χ3n) is 3.23. The second-order valence-electron chi connectivity index (χ2n) is 4.71. The summed E-state index contributed by atoms with van der Waals surface area (Å²) >= 11 is 3.37. The van der Waals surface area contributed by atoms with Crippen molar-refractivity contribution in [3.05, 3.63) is 34.3 Å². The monoisotopic (exact) mass is 309 g/mol. The van der Waals surface area contributed by atoms with Crippen LogP contribution in [0.3, 0.4) is 0 Å². The first-order chi connectivity index (χ1) is 8.58. The van der Waals surface area contributed by atoms with Crippen molar-refractivity contribution in [2.24, 2.45) is 0 Å². The third kappa shape index (κ3) is 2.99. The molecule has 1 amide bonds. The number of carbonyl (C=O) groups excluding carboxylic acids is 2. The van der Waals surface area contributed by atoms with Crippen LogP contribution in [0, 0.1) is 0 Å². The highest BCUT2D eigenvalue weighted by Crippen LogP contribution is 2.23. The predicted molar refractivity (Wildman–Crippen MR) is 73.5 cm³/mol. The molecule has 0 N–H and O–H groups in total. The van der Waals surface area contributed by atoms with Gasteiger partial charge in [0, 0.05) is 29.0 Å². The summed E-state index contributed by atoms with van der Waals surface area (Å²) in [4.78, 5) is 25.4. The Balaban J connectivity index is 2.15. The van der Waals surface area contributed by atoms with E-state index in [1.807, 2.05) is 29.2 Å². The van der Waals surface area contributed by atoms with Crippen LogP contribution in [0.15, 0.2) is 28.7 Å². The summed E-state index contributed by atoms with van der Waals surface area (Å²) < 4.78 is 0.899. The Morgan fingerprint density at radius 1 is 1.44 bits per heavy atom. The van der Waals surface area contributed by atoms with Gasteiger partial charge in [-0.2, -0.15) is 0 Å². The van der Waals surface area contributed by atoms with Crippen molar-refractivity contribution >= 4 is 27.6 Å². The first-order valence-electron chi connectivity index (χ1n) is 6.14. The van der Waals surface area contributed by atoms with Crippen LogP contribution in [0.4, 0.5) is 0 Å². The first-order valence-corrected chi connectivity index (χ1v) is 6.93. The highest BCUT2D eigenvalue weighted by Gasteiger charge is 2.30. The molecule has 1 aromatic rings. The number of hydrogen-bond donors (Lipinski definition) is 0. The number of nitrogens with zero attached hydrogens (tertiary/aromatic N) is 1. The summed E-state index contributed by atoms with van der Waals surface area (Å²) in [5.74, 6) is 0.175. The average Bonchev–Trinajstić information content (AvgIpc) is 2.75. The van der Waals surface area contributed by atoms with Crippen LogP contribution in [0.25, 0.3) is 0 Å². The number of halogens is 1. The summed E-state index contributed by atoms with van der Waals surface area (Å²) in [5.41, 5.74) is 0.680. The lowest BCUT2D eigenvalue weighted by molar-refractivity contribution is -0.117. The minimum atomic E-state index is 0.0278. The molecule has 0 radical (unpaired) electrons. The van der Waals surface area contributed by atoms with Crippen LogP contribution in [0.2, 0.25) is 0 Å². The van der Waals surface area contributed by atoms with E-state index in [0.717, 1.165) is 23.9 Å². The number of ketones is 1. The molecule has 1 unspecified atom stereocenters. The zero-order valence-corrected chi connectivity index (χ0v) is 11.9. The van der Waals surface area contributed by atoms with Crippen molar-refractivity contribution in [3.8, 4) is 0 Å². The van der Waals surface area contributed by atoms with E-state index in [4.69, 9.17) is 0 Å². The zero-order chi connectivity index (χ0) is 13.1. The maximum Gasteiger partial charge on any atom is 0.254 e. The van der Waals surface area contributed by atoms with E-state index in [9.17, 15) is 9.59 Å². The molecule has 1 atom stereocenters. The van der Waals surface area contributed by atoms with Gasteiger partial charge in [-0.05, 0) is 38.0 Å². The van der Waals surface area contributed by atoms with Crippen LogP contribution in [0.1, 0.15) is 36.5 Å². The summed E-state index contributed by atoms with van der Waals surface area (Å²) in [6.07, 6.45) is 2.39. The van der Waals surface area contributed by atoms with E-state index in [1.165, 1.54) is 0 Å². The maximum atomic E-state index is 12.4. The molecule has 1 aliphatic heterocycles. The fraction of sp³-hybridized carbons (Fsp3) is 0.429. The molecular formula is C14H16BrNO2. The number of carbonyl (C=O) groups is 2. The van der Waals surface area contributed by atoms with E-state index in [-0.39, 0.29) is 17.7 Å². The average molecular weight is 310 g/mol. The Hall–Kier alpha value is -1.16. The Bertz CT molecular complexity index is 473. The van der Waals surface area contributed by atoms with Gasteiger partial charge in [0.05, 0.1) is 0 Å². The number of Topliss-reactive ketones (excluding diaryl/α,β-unsaturated/α-hetero) is 1. The number of amides is 1. The Kier molecular flexibility index (Phi) is 4.17. The lowest BCUT2D eigenvalue weighted by atomic mass is 10.1. The van der Waals surface area contributed by atoms with Gasteiger partial charge >= 0.3 is 0 Å². The van der Waals surface area contributed by atoms with Crippen molar-refractivity contribution in [1.82, 2.24) is 4.90 Å². The Morgan fingerprint density at radius 2 is 2.22 bits per heavy atom. The van der Waals surface area contributed by atoms with Gasteiger partial charge < -0.3 is 4.90 Å². The lowest BCUT2D eigenvalue weighted by Crippen LogP contribution is -2.36. The quantitative estimate of drug-likeness (QED) is 0.860. The molecule has 1 saturated heterocycles. The van der Waals surface area contributed by atoms with Crippen molar-refractivity contribution in [2.75, 3.05) is 6.54 Å². The molecule has 0 aromatic heterocycles. The summed E-state index contributed by atoms with van der Waals surface area (Å²) in [7, 11) is 0. The van der Waals surface area contributed by atoms with Crippen molar-refractivity contribution in [2.45, 2.75) is 32.2 Å². The largest absolute Gasteiger partial charge is 0.335 e. The van der Waals surface area contributed by atoms with Crippen molar-refractivity contribution < 1.29 is 9.59 Å². The topological polar surface area (TPSA) is 37.4 Å². The van der Waals surface area contributed by atoms with Crippen LogP contribution < -0.4 is 0 Å². The molecular weight excluding hydrogens is 294 g/mol. The molecule has 0 bridgehead atoms. The van der Waals surface area contributed by atoms with Crippen LogP contribution in [-0.2, 0) is 4.79 Å². The molecule has 3 nitrogen and oxygen atoms in total. The van der Waals surface area contributed by atoms with Gasteiger partial charge in [-0.3, -0.25) is 9.59 Å². The molecule has 1 aromatic carbocycles. The minimum absolute atomic E-state index is 0.0278. The third-order valence-corrected chi connectivity index (χ3v) is 3.73. The second kappa shape index (κ2) is 5.65. The smallest absolute Gasteiger partial charge is 0.254 e. The predicted octanol–water partition coefficient (Wildman–Crippen LogP) is 3.03. The molecule has 18 heavy (non-hydrogen) atoms. The Morgan fingerprint density at radius 3 is 2.89 bits per heavy atom. The molecule has 1 fully saturated rings. The molecule has 1 heterocycles.